The van der Waals surface area contributed by atoms with E-state index < -0.39 is 17.7 Å². The molecule has 0 heterocycles. The molecule has 1 amide bonds. The third-order valence-corrected chi connectivity index (χ3v) is 2.43. The van der Waals surface area contributed by atoms with E-state index in [9.17, 15) is 9.90 Å². The summed E-state index contributed by atoms with van der Waals surface area (Å²) < 4.78 is 0. The quantitative estimate of drug-likeness (QED) is 0.603. The topological polar surface area (TPSA) is 75.4 Å². The van der Waals surface area contributed by atoms with Crippen LogP contribution in [0.25, 0.3) is 0 Å². The maximum atomic E-state index is 11.5. The Morgan fingerprint density at radius 1 is 1.57 bits per heavy atom. The lowest BCUT2D eigenvalue weighted by molar-refractivity contribution is -0.125. The van der Waals surface area contributed by atoms with Gasteiger partial charge in [-0.3, -0.25) is 4.79 Å². The normalized spacial score (nSPS) is 16.1. The predicted octanol–water partition coefficient (Wildman–Crippen LogP) is 0.389. The predicted molar refractivity (Wildman–Crippen MR) is 56.8 cm³/mol. The van der Waals surface area contributed by atoms with E-state index in [1.165, 1.54) is 0 Å². The van der Waals surface area contributed by atoms with Gasteiger partial charge in [0, 0.05) is 0 Å². The molecule has 0 saturated heterocycles. The molecule has 0 saturated carbocycles. The van der Waals surface area contributed by atoms with Crippen LogP contribution >= 0.6 is 0 Å². The van der Waals surface area contributed by atoms with Crippen LogP contribution in [0.2, 0.25) is 0 Å². The Labute approximate surface area is 85.9 Å². The van der Waals surface area contributed by atoms with E-state index in [1.54, 1.807) is 20.8 Å². The summed E-state index contributed by atoms with van der Waals surface area (Å²) in [5.74, 6) is -0.197. The highest BCUT2D eigenvalue weighted by Gasteiger charge is 2.27. The number of carbonyl (C=O) groups is 1. The zero-order valence-corrected chi connectivity index (χ0v) is 9.50. The molecule has 14 heavy (non-hydrogen) atoms. The summed E-state index contributed by atoms with van der Waals surface area (Å²) in [4.78, 5) is 11.5. The number of carbonyl (C=O) groups excluding carboxylic acids is 1. The lowest BCUT2D eigenvalue weighted by atomic mass is 9.98. The van der Waals surface area contributed by atoms with Gasteiger partial charge in [-0.25, -0.2) is 0 Å². The molecule has 4 nitrogen and oxygen atoms in total. The van der Waals surface area contributed by atoms with Crippen LogP contribution in [0.15, 0.2) is 0 Å². The van der Waals surface area contributed by atoms with Gasteiger partial charge in [0.25, 0.3) is 0 Å². The number of nitrogens with one attached hydrogen (secondary N) is 1. The molecule has 0 aliphatic carbocycles. The van der Waals surface area contributed by atoms with Gasteiger partial charge < -0.3 is 16.2 Å². The zero-order chi connectivity index (χ0) is 11.4. The largest absolute Gasteiger partial charge is 0.391 e. The molecular formula is C10H22N2O2. The summed E-state index contributed by atoms with van der Waals surface area (Å²) in [6.45, 7) is 7.17. The van der Waals surface area contributed by atoms with E-state index in [-0.39, 0.29) is 5.91 Å². The molecule has 2 atom stereocenters. The van der Waals surface area contributed by atoms with Crippen LogP contribution in [-0.4, -0.2) is 28.7 Å². The fourth-order valence-electron chi connectivity index (χ4n) is 0.957. The number of rotatable bonds is 5. The molecule has 0 radical (unpaired) electrons. The summed E-state index contributed by atoms with van der Waals surface area (Å²) in [6, 6.07) is -0.474. The first kappa shape index (κ1) is 13.4. The monoisotopic (exact) mass is 202 g/mol. The molecule has 0 spiro atoms. The fourth-order valence-corrected chi connectivity index (χ4v) is 0.957. The Morgan fingerprint density at radius 3 is 2.43 bits per heavy atom. The molecule has 2 unspecified atom stereocenters. The smallest absolute Gasteiger partial charge is 0.237 e. The molecule has 0 aromatic carbocycles. The average molecular weight is 202 g/mol. The zero-order valence-electron chi connectivity index (χ0n) is 9.50. The van der Waals surface area contributed by atoms with Crippen molar-refractivity contribution in [2.24, 2.45) is 5.73 Å². The second-order valence-corrected chi connectivity index (χ2v) is 4.28. The van der Waals surface area contributed by atoms with Gasteiger partial charge in [-0.2, -0.15) is 0 Å². The second kappa shape index (κ2) is 5.32. The molecule has 0 aromatic rings. The minimum Gasteiger partial charge on any atom is -0.391 e. The molecule has 4 N–H and O–H groups in total. The minimum atomic E-state index is -0.623. The number of aliphatic hydroxyl groups is 1. The maximum absolute atomic E-state index is 11.5. The van der Waals surface area contributed by atoms with Crippen molar-refractivity contribution < 1.29 is 9.90 Å². The lowest BCUT2D eigenvalue weighted by Gasteiger charge is -2.30. The van der Waals surface area contributed by atoms with Crippen LogP contribution in [0.3, 0.4) is 0 Å². The van der Waals surface area contributed by atoms with Gasteiger partial charge in [0.05, 0.1) is 17.7 Å². The van der Waals surface area contributed by atoms with E-state index in [0.717, 1.165) is 6.42 Å². The number of hydrogen-bond acceptors (Lipinski definition) is 3. The van der Waals surface area contributed by atoms with E-state index in [4.69, 9.17) is 5.73 Å². The van der Waals surface area contributed by atoms with Gasteiger partial charge in [0.15, 0.2) is 0 Å². The van der Waals surface area contributed by atoms with Crippen LogP contribution in [0.4, 0.5) is 0 Å². The highest BCUT2D eigenvalue weighted by Crippen LogP contribution is 2.08. The number of hydrogen-bond donors (Lipinski definition) is 3. The first-order chi connectivity index (χ1) is 6.31. The lowest BCUT2D eigenvalue weighted by Crippen LogP contribution is -2.55. The molecule has 0 rings (SSSR count). The van der Waals surface area contributed by atoms with Crippen molar-refractivity contribution in [2.45, 2.75) is 58.2 Å². The molecule has 0 aliphatic rings. The Balaban J connectivity index is 4.17. The number of nitrogens with two attached hydrogens (primary N) is 1. The standard InChI is InChI=1S/C10H22N2O2/c1-5-6-8(11)9(14)12-10(3,4)7(2)13/h7-8,13H,5-6,11H2,1-4H3,(H,12,14). The van der Waals surface area contributed by atoms with Crippen LogP contribution in [0.1, 0.15) is 40.5 Å². The summed E-state index contributed by atoms with van der Waals surface area (Å²) >= 11 is 0. The van der Waals surface area contributed by atoms with Crippen molar-refractivity contribution >= 4 is 5.91 Å². The van der Waals surface area contributed by atoms with E-state index in [0.29, 0.717) is 6.42 Å². The summed E-state index contributed by atoms with van der Waals surface area (Å²) in [7, 11) is 0. The van der Waals surface area contributed by atoms with Crippen molar-refractivity contribution in [3.63, 3.8) is 0 Å². The highest BCUT2D eigenvalue weighted by molar-refractivity contribution is 5.82. The van der Waals surface area contributed by atoms with Gasteiger partial charge in [0.2, 0.25) is 5.91 Å². The van der Waals surface area contributed by atoms with Crippen molar-refractivity contribution in [2.75, 3.05) is 0 Å². The fraction of sp³-hybridized carbons (Fsp3) is 0.900. The van der Waals surface area contributed by atoms with Crippen molar-refractivity contribution in [3.05, 3.63) is 0 Å². The van der Waals surface area contributed by atoms with E-state index in [1.807, 2.05) is 6.92 Å². The van der Waals surface area contributed by atoms with Crippen LogP contribution < -0.4 is 11.1 Å². The van der Waals surface area contributed by atoms with Crippen LogP contribution in [0.5, 0.6) is 0 Å². The van der Waals surface area contributed by atoms with Crippen LogP contribution in [0, 0.1) is 0 Å². The molecule has 0 aliphatic heterocycles. The maximum Gasteiger partial charge on any atom is 0.237 e. The third-order valence-electron chi connectivity index (χ3n) is 2.43. The second-order valence-electron chi connectivity index (χ2n) is 4.28. The molecule has 4 heteroatoms. The van der Waals surface area contributed by atoms with Crippen molar-refractivity contribution in [1.82, 2.24) is 5.32 Å². The first-order valence-corrected chi connectivity index (χ1v) is 5.07. The van der Waals surface area contributed by atoms with E-state index in [2.05, 4.69) is 5.32 Å². The van der Waals surface area contributed by atoms with Gasteiger partial charge in [-0.15, -0.1) is 0 Å². The first-order valence-electron chi connectivity index (χ1n) is 5.07. The van der Waals surface area contributed by atoms with E-state index >= 15 is 0 Å². The van der Waals surface area contributed by atoms with Gasteiger partial charge in [-0.1, -0.05) is 13.3 Å². The Morgan fingerprint density at radius 2 is 2.07 bits per heavy atom. The third kappa shape index (κ3) is 4.07. The molecule has 0 aromatic heterocycles. The molecular weight excluding hydrogens is 180 g/mol. The molecule has 0 bridgehead atoms. The Hall–Kier alpha value is -0.610. The average Bonchev–Trinajstić information content (AvgIpc) is 2.03. The van der Waals surface area contributed by atoms with Crippen molar-refractivity contribution in [3.8, 4) is 0 Å². The summed E-state index contributed by atoms with van der Waals surface area (Å²) in [5.41, 5.74) is 5.02. The van der Waals surface area contributed by atoms with Crippen molar-refractivity contribution in [1.29, 1.82) is 0 Å². The Kier molecular flexibility index (Phi) is 5.08. The highest BCUT2D eigenvalue weighted by atomic mass is 16.3. The minimum absolute atomic E-state index is 0.197. The molecule has 0 fully saturated rings. The number of amides is 1. The van der Waals surface area contributed by atoms with Gasteiger partial charge in [0.1, 0.15) is 0 Å². The number of aliphatic hydroxyl groups excluding tert-OH is 1. The Bertz CT molecular complexity index is 191. The summed E-state index contributed by atoms with van der Waals surface area (Å²) in [5, 5.41) is 12.1. The SMILES string of the molecule is CCCC(N)C(=O)NC(C)(C)C(C)O. The van der Waals surface area contributed by atoms with Gasteiger partial charge in [-0.05, 0) is 27.2 Å². The molecule has 84 valence electrons. The van der Waals surface area contributed by atoms with Crippen LogP contribution in [-0.2, 0) is 4.79 Å². The van der Waals surface area contributed by atoms with Gasteiger partial charge >= 0.3 is 0 Å². The summed E-state index contributed by atoms with van der Waals surface area (Å²) in [6.07, 6.45) is 0.950.